The molecular weight excluding hydrogens is 426 g/mol. The number of aromatic nitrogens is 4. The number of carbonyl (C=O) groups excluding carboxylic acids is 1. The average molecular weight is 452 g/mol. The highest BCUT2D eigenvalue weighted by Crippen LogP contribution is 2.21. The fourth-order valence-electron chi connectivity index (χ4n) is 3.52. The molecule has 0 aliphatic heterocycles. The van der Waals surface area contributed by atoms with Crippen molar-refractivity contribution in [3.05, 3.63) is 70.0 Å². The Morgan fingerprint density at radius 1 is 1.22 bits per heavy atom. The number of hydrogen-bond donors (Lipinski definition) is 1. The number of aryl methyl sites for hydroxylation is 3. The van der Waals surface area contributed by atoms with Gasteiger partial charge in [-0.15, -0.1) is 0 Å². The quantitative estimate of drug-likeness (QED) is 0.323. The summed E-state index contributed by atoms with van der Waals surface area (Å²) in [5, 5.41) is 7.82. The third-order valence-corrected chi connectivity index (χ3v) is 6.10. The molecule has 32 heavy (non-hydrogen) atoms. The van der Waals surface area contributed by atoms with E-state index in [1.165, 1.54) is 11.8 Å². The van der Waals surface area contributed by atoms with E-state index in [1.54, 1.807) is 27.6 Å². The van der Waals surface area contributed by atoms with Crippen molar-refractivity contribution < 1.29 is 9.21 Å². The zero-order chi connectivity index (χ0) is 22.7. The van der Waals surface area contributed by atoms with Crippen molar-refractivity contribution in [2.75, 3.05) is 11.1 Å². The molecule has 0 fully saturated rings. The first-order chi connectivity index (χ1) is 15.5. The summed E-state index contributed by atoms with van der Waals surface area (Å²) < 4.78 is 8.66. The standard InChI is InChI=1S/C23H25N5O3S/c1-4-16-8-6-9-17(12-16)24-19(29)14-32-23-25-20-15(3)26-28(5-2)21(20)22(30)27(23)13-18-10-7-11-31-18/h6-12H,4-5,13-14H2,1-3H3,(H,24,29). The molecule has 3 heterocycles. The van der Waals surface area contributed by atoms with Gasteiger partial charge in [0.15, 0.2) is 10.7 Å². The van der Waals surface area contributed by atoms with Crippen molar-refractivity contribution in [3.63, 3.8) is 0 Å². The highest BCUT2D eigenvalue weighted by molar-refractivity contribution is 7.99. The van der Waals surface area contributed by atoms with Gasteiger partial charge in [0.05, 0.1) is 24.3 Å². The number of fused-ring (bicyclic) bond motifs is 1. The van der Waals surface area contributed by atoms with Crippen LogP contribution in [0.25, 0.3) is 11.0 Å². The summed E-state index contributed by atoms with van der Waals surface area (Å²) in [7, 11) is 0. The van der Waals surface area contributed by atoms with Crippen LogP contribution in [0, 0.1) is 6.92 Å². The summed E-state index contributed by atoms with van der Waals surface area (Å²) in [6.45, 7) is 6.63. The molecule has 0 spiro atoms. The molecular formula is C23H25N5O3S. The third kappa shape index (κ3) is 4.47. The van der Waals surface area contributed by atoms with Gasteiger partial charge in [-0.3, -0.25) is 18.8 Å². The van der Waals surface area contributed by atoms with Crippen molar-refractivity contribution in [1.82, 2.24) is 19.3 Å². The Morgan fingerprint density at radius 2 is 2.06 bits per heavy atom. The average Bonchev–Trinajstić information content (AvgIpc) is 3.42. The number of nitrogens with zero attached hydrogens (tertiary/aromatic N) is 4. The van der Waals surface area contributed by atoms with Crippen LogP contribution in [-0.2, 0) is 24.3 Å². The van der Waals surface area contributed by atoms with Gasteiger partial charge < -0.3 is 9.73 Å². The minimum absolute atomic E-state index is 0.118. The predicted octanol–water partition coefficient (Wildman–Crippen LogP) is 3.86. The van der Waals surface area contributed by atoms with Crippen LogP contribution >= 0.6 is 11.8 Å². The van der Waals surface area contributed by atoms with Crippen LogP contribution in [0.2, 0.25) is 0 Å². The van der Waals surface area contributed by atoms with Gasteiger partial charge in [0.2, 0.25) is 5.91 Å². The Balaban J connectivity index is 1.63. The SMILES string of the molecule is CCc1cccc(NC(=O)CSc2nc3c(C)nn(CC)c3c(=O)n2Cc2ccco2)c1. The number of thioether (sulfide) groups is 1. The molecule has 0 saturated carbocycles. The van der Waals surface area contributed by atoms with E-state index in [2.05, 4.69) is 17.3 Å². The molecule has 3 aromatic heterocycles. The van der Waals surface area contributed by atoms with E-state index in [-0.39, 0.29) is 23.8 Å². The van der Waals surface area contributed by atoms with Crippen LogP contribution in [0.1, 0.15) is 30.9 Å². The molecule has 0 unspecified atom stereocenters. The number of carbonyl (C=O) groups is 1. The van der Waals surface area contributed by atoms with Crippen molar-refractivity contribution >= 4 is 34.4 Å². The number of hydrogen-bond acceptors (Lipinski definition) is 6. The summed E-state index contributed by atoms with van der Waals surface area (Å²) in [6, 6.07) is 11.4. The van der Waals surface area contributed by atoms with Crippen LogP contribution in [0.4, 0.5) is 5.69 Å². The molecule has 4 rings (SSSR count). The molecule has 0 atom stereocenters. The summed E-state index contributed by atoms with van der Waals surface area (Å²) in [5.74, 6) is 0.589. The summed E-state index contributed by atoms with van der Waals surface area (Å²) >= 11 is 1.22. The third-order valence-electron chi connectivity index (χ3n) is 5.13. The monoisotopic (exact) mass is 451 g/mol. The van der Waals surface area contributed by atoms with Crippen LogP contribution in [-0.4, -0.2) is 31.0 Å². The maximum atomic E-state index is 13.4. The molecule has 0 saturated heterocycles. The largest absolute Gasteiger partial charge is 0.467 e. The van der Waals surface area contributed by atoms with Gasteiger partial charge in [0.1, 0.15) is 11.3 Å². The van der Waals surface area contributed by atoms with E-state index in [0.29, 0.717) is 34.2 Å². The molecule has 0 aliphatic rings. The smallest absolute Gasteiger partial charge is 0.280 e. The fourth-order valence-corrected chi connectivity index (χ4v) is 4.31. The van der Waals surface area contributed by atoms with Crippen molar-refractivity contribution in [3.8, 4) is 0 Å². The van der Waals surface area contributed by atoms with E-state index >= 15 is 0 Å². The van der Waals surface area contributed by atoms with E-state index in [9.17, 15) is 9.59 Å². The maximum Gasteiger partial charge on any atom is 0.280 e. The lowest BCUT2D eigenvalue weighted by Crippen LogP contribution is -2.26. The molecule has 1 aromatic carbocycles. The second-order valence-corrected chi connectivity index (χ2v) is 8.30. The fraction of sp³-hybridized carbons (Fsp3) is 0.304. The van der Waals surface area contributed by atoms with Gasteiger partial charge in [-0.1, -0.05) is 30.8 Å². The molecule has 0 aliphatic carbocycles. The highest BCUT2D eigenvalue weighted by atomic mass is 32.2. The first-order valence-electron chi connectivity index (χ1n) is 10.5. The second-order valence-electron chi connectivity index (χ2n) is 7.35. The number of anilines is 1. The molecule has 1 amide bonds. The van der Waals surface area contributed by atoms with E-state index < -0.39 is 0 Å². The lowest BCUT2D eigenvalue weighted by atomic mass is 10.1. The maximum absolute atomic E-state index is 13.4. The van der Waals surface area contributed by atoms with Crippen LogP contribution in [0.5, 0.6) is 0 Å². The Labute approximate surface area is 189 Å². The van der Waals surface area contributed by atoms with Crippen LogP contribution in [0.15, 0.2) is 57.0 Å². The van der Waals surface area contributed by atoms with Crippen molar-refractivity contribution in [1.29, 1.82) is 0 Å². The van der Waals surface area contributed by atoms with E-state index in [4.69, 9.17) is 9.40 Å². The number of rotatable bonds is 8. The Morgan fingerprint density at radius 3 is 2.78 bits per heavy atom. The summed E-state index contributed by atoms with van der Waals surface area (Å²) in [4.78, 5) is 30.7. The Hall–Kier alpha value is -3.33. The lowest BCUT2D eigenvalue weighted by molar-refractivity contribution is -0.113. The second kappa shape index (κ2) is 9.44. The first kappa shape index (κ1) is 21.9. The van der Waals surface area contributed by atoms with Gasteiger partial charge in [0.25, 0.3) is 5.56 Å². The summed E-state index contributed by atoms with van der Waals surface area (Å²) in [5.41, 5.74) is 3.41. The van der Waals surface area contributed by atoms with Gasteiger partial charge in [-0.2, -0.15) is 5.10 Å². The molecule has 0 radical (unpaired) electrons. The molecule has 8 nitrogen and oxygen atoms in total. The van der Waals surface area contributed by atoms with Crippen LogP contribution in [0.3, 0.4) is 0 Å². The van der Waals surface area contributed by atoms with Gasteiger partial charge in [-0.25, -0.2) is 4.98 Å². The zero-order valence-corrected chi connectivity index (χ0v) is 19.1. The minimum atomic E-state index is -0.201. The summed E-state index contributed by atoms with van der Waals surface area (Å²) in [6.07, 6.45) is 2.46. The minimum Gasteiger partial charge on any atom is -0.467 e. The predicted molar refractivity (Wildman–Crippen MR) is 125 cm³/mol. The highest BCUT2D eigenvalue weighted by Gasteiger charge is 2.19. The van der Waals surface area contributed by atoms with Crippen molar-refractivity contribution in [2.24, 2.45) is 0 Å². The Kier molecular flexibility index (Phi) is 6.45. The van der Waals surface area contributed by atoms with Gasteiger partial charge in [-0.05, 0) is 50.1 Å². The zero-order valence-electron chi connectivity index (χ0n) is 18.3. The number of furan rings is 1. The molecule has 0 bridgehead atoms. The first-order valence-corrected chi connectivity index (χ1v) is 11.5. The van der Waals surface area contributed by atoms with Gasteiger partial charge >= 0.3 is 0 Å². The number of nitrogens with one attached hydrogen (secondary N) is 1. The lowest BCUT2D eigenvalue weighted by Gasteiger charge is -2.12. The van der Waals surface area contributed by atoms with Crippen molar-refractivity contribution in [2.45, 2.75) is 45.4 Å². The number of amides is 1. The van der Waals surface area contributed by atoms with E-state index in [1.807, 2.05) is 38.1 Å². The van der Waals surface area contributed by atoms with Gasteiger partial charge in [0, 0.05) is 12.2 Å². The number of benzene rings is 1. The molecule has 9 heteroatoms. The Bertz CT molecular complexity index is 1310. The molecule has 4 aromatic rings. The van der Waals surface area contributed by atoms with Crippen LogP contribution < -0.4 is 10.9 Å². The molecule has 1 N–H and O–H groups in total. The van der Waals surface area contributed by atoms with E-state index in [0.717, 1.165) is 17.7 Å². The molecule has 166 valence electrons. The topological polar surface area (TPSA) is 95.0 Å². The normalized spacial score (nSPS) is 11.2.